The second kappa shape index (κ2) is 4.28. The molecule has 0 unspecified atom stereocenters. The Bertz CT molecular complexity index is 411. The van der Waals surface area contributed by atoms with Crippen molar-refractivity contribution in [2.75, 3.05) is 4.90 Å². The van der Waals surface area contributed by atoms with Gasteiger partial charge >= 0.3 is 12.2 Å². The first kappa shape index (κ1) is 11.5. The monoisotopic (exact) mass is 251 g/mol. The van der Waals surface area contributed by atoms with Gasteiger partial charge in [-0.1, -0.05) is 23.2 Å². The smallest absolute Gasteiger partial charge is 0.424 e. The van der Waals surface area contributed by atoms with Crippen molar-refractivity contribution < 1.29 is 19.8 Å². The minimum atomic E-state index is -1.74. The minimum absolute atomic E-state index is 0.00357. The summed E-state index contributed by atoms with van der Waals surface area (Å²) in [6, 6.07) is 0. The number of carbonyl (C=O) groups is 2. The van der Waals surface area contributed by atoms with E-state index in [1.807, 2.05) is 0 Å². The first-order valence-electron chi connectivity index (χ1n) is 3.37. The molecule has 0 saturated heterocycles. The van der Waals surface area contributed by atoms with Gasteiger partial charge in [0.05, 0.1) is 11.2 Å². The lowest BCUT2D eigenvalue weighted by Crippen LogP contribution is -2.35. The highest BCUT2D eigenvalue weighted by Gasteiger charge is 2.25. The molecule has 0 saturated carbocycles. The predicted octanol–water partition coefficient (Wildman–Crippen LogP) is 1.95. The number of rotatable bonds is 1. The van der Waals surface area contributed by atoms with E-state index in [9.17, 15) is 9.59 Å². The number of hydrogen-bond donors (Lipinski definition) is 2. The molecule has 9 heteroatoms. The number of carboxylic acid groups (broad SMARTS) is 2. The van der Waals surface area contributed by atoms with Gasteiger partial charge in [0.2, 0.25) is 5.95 Å². The van der Waals surface area contributed by atoms with Crippen LogP contribution in [0.2, 0.25) is 10.2 Å². The van der Waals surface area contributed by atoms with E-state index in [0.29, 0.717) is 0 Å². The molecule has 0 bridgehead atoms. The third-order valence-corrected chi connectivity index (χ3v) is 1.93. The van der Waals surface area contributed by atoms with E-state index in [4.69, 9.17) is 33.4 Å². The van der Waals surface area contributed by atoms with Crippen LogP contribution in [0.3, 0.4) is 0 Å². The Hall–Kier alpha value is -1.60. The molecule has 0 atom stereocenters. The van der Waals surface area contributed by atoms with E-state index >= 15 is 0 Å². The van der Waals surface area contributed by atoms with E-state index in [1.165, 1.54) is 0 Å². The van der Waals surface area contributed by atoms with Gasteiger partial charge in [-0.25, -0.2) is 14.6 Å². The first-order valence-corrected chi connectivity index (χ1v) is 4.13. The average Bonchev–Trinajstić information content (AvgIpc) is 2.10. The standard InChI is InChI=1S/C6H3Cl2N3O4/c7-2-1-9-4(10-3(2)8)11(5(12)13)6(14)15/h1H,(H,12,13)(H,14,15). The molecule has 15 heavy (non-hydrogen) atoms. The van der Waals surface area contributed by atoms with Crippen LogP contribution in [0.15, 0.2) is 6.20 Å². The van der Waals surface area contributed by atoms with Crippen LogP contribution in [0.5, 0.6) is 0 Å². The van der Waals surface area contributed by atoms with Crippen LogP contribution < -0.4 is 4.90 Å². The van der Waals surface area contributed by atoms with Gasteiger partial charge in [0.15, 0.2) is 5.15 Å². The highest BCUT2D eigenvalue weighted by Crippen LogP contribution is 2.20. The molecule has 0 aromatic carbocycles. The topological polar surface area (TPSA) is 104 Å². The summed E-state index contributed by atoms with van der Waals surface area (Å²) in [7, 11) is 0. The lowest BCUT2D eigenvalue weighted by Gasteiger charge is -2.10. The zero-order valence-corrected chi connectivity index (χ0v) is 8.40. The summed E-state index contributed by atoms with van der Waals surface area (Å²) >= 11 is 10.9. The molecule has 0 fully saturated rings. The molecular formula is C6H3Cl2N3O4. The van der Waals surface area contributed by atoms with Gasteiger partial charge in [0.25, 0.3) is 0 Å². The molecule has 80 valence electrons. The summed E-state index contributed by atoms with van der Waals surface area (Å²) in [5.41, 5.74) is 0. The van der Waals surface area contributed by atoms with Crippen molar-refractivity contribution in [1.29, 1.82) is 0 Å². The fourth-order valence-corrected chi connectivity index (χ4v) is 0.914. The number of amides is 2. The van der Waals surface area contributed by atoms with E-state index < -0.39 is 18.1 Å². The van der Waals surface area contributed by atoms with Crippen LogP contribution in [0.25, 0.3) is 0 Å². The van der Waals surface area contributed by atoms with Gasteiger partial charge < -0.3 is 10.2 Å². The Labute approximate surface area is 92.9 Å². The van der Waals surface area contributed by atoms with Gasteiger partial charge in [-0.05, 0) is 0 Å². The summed E-state index contributed by atoms with van der Waals surface area (Å²) in [6.45, 7) is 0. The zero-order valence-electron chi connectivity index (χ0n) is 6.89. The number of anilines is 1. The fraction of sp³-hybridized carbons (Fsp3) is 0. The third kappa shape index (κ3) is 2.45. The Morgan fingerprint density at radius 2 is 1.80 bits per heavy atom. The molecule has 0 radical (unpaired) electrons. The Kier molecular flexibility index (Phi) is 3.28. The maximum atomic E-state index is 10.5. The molecule has 0 aliphatic heterocycles. The van der Waals surface area contributed by atoms with Crippen molar-refractivity contribution in [3.05, 3.63) is 16.4 Å². The molecule has 2 amide bonds. The predicted molar refractivity (Wildman–Crippen MR) is 50.6 cm³/mol. The Morgan fingerprint density at radius 1 is 1.27 bits per heavy atom. The Balaban J connectivity index is 3.18. The van der Waals surface area contributed by atoms with Crippen LogP contribution in [-0.4, -0.2) is 32.4 Å². The van der Waals surface area contributed by atoms with Crippen LogP contribution in [0, 0.1) is 0 Å². The normalized spacial score (nSPS) is 9.73. The molecule has 1 rings (SSSR count). The number of nitrogens with zero attached hydrogens (tertiary/aromatic N) is 3. The number of imide groups is 1. The van der Waals surface area contributed by atoms with Crippen LogP contribution in [0.4, 0.5) is 15.5 Å². The highest BCUT2D eigenvalue weighted by molar-refractivity contribution is 6.41. The van der Waals surface area contributed by atoms with Crippen molar-refractivity contribution >= 4 is 41.3 Å². The molecule has 0 aliphatic carbocycles. The molecule has 1 aromatic rings. The average molecular weight is 252 g/mol. The van der Waals surface area contributed by atoms with Crippen LogP contribution in [-0.2, 0) is 0 Å². The van der Waals surface area contributed by atoms with Gasteiger partial charge in [-0.2, -0.15) is 4.98 Å². The van der Waals surface area contributed by atoms with E-state index in [2.05, 4.69) is 9.97 Å². The molecular weight excluding hydrogens is 249 g/mol. The van der Waals surface area contributed by atoms with Crippen molar-refractivity contribution in [3.63, 3.8) is 0 Å². The largest absolute Gasteiger partial charge is 0.464 e. The zero-order chi connectivity index (χ0) is 11.6. The van der Waals surface area contributed by atoms with Gasteiger partial charge in [0, 0.05) is 0 Å². The highest BCUT2D eigenvalue weighted by atomic mass is 35.5. The second-order valence-electron chi connectivity index (χ2n) is 2.21. The second-order valence-corrected chi connectivity index (χ2v) is 2.97. The maximum absolute atomic E-state index is 10.5. The first-order chi connectivity index (χ1) is 6.93. The lowest BCUT2D eigenvalue weighted by atomic mass is 10.6. The summed E-state index contributed by atoms with van der Waals surface area (Å²) in [5, 5.41) is 16.9. The summed E-state index contributed by atoms with van der Waals surface area (Å²) in [4.78, 5) is 27.8. The summed E-state index contributed by atoms with van der Waals surface area (Å²) in [6.07, 6.45) is -2.47. The molecule has 1 heterocycles. The Morgan fingerprint density at radius 3 is 2.20 bits per heavy atom. The molecule has 7 nitrogen and oxygen atoms in total. The molecule has 1 aromatic heterocycles. The fourth-order valence-electron chi connectivity index (χ4n) is 0.698. The number of halogens is 2. The minimum Gasteiger partial charge on any atom is -0.464 e. The SMILES string of the molecule is O=C(O)N(C(=O)O)c1ncc(Cl)c(Cl)n1. The van der Waals surface area contributed by atoms with Crippen LogP contribution >= 0.6 is 23.2 Å². The van der Waals surface area contributed by atoms with E-state index in [1.54, 1.807) is 0 Å². The quantitative estimate of drug-likeness (QED) is 0.740. The van der Waals surface area contributed by atoms with E-state index in [0.717, 1.165) is 6.20 Å². The summed E-state index contributed by atoms with van der Waals surface area (Å²) in [5.74, 6) is -0.579. The maximum Gasteiger partial charge on any atom is 0.424 e. The lowest BCUT2D eigenvalue weighted by molar-refractivity contribution is 0.183. The van der Waals surface area contributed by atoms with Crippen molar-refractivity contribution in [3.8, 4) is 0 Å². The molecule has 0 aliphatic rings. The van der Waals surface area contributed by atoms with Gasteiger partial charge in [-0.3, -0.25) is 0 Å². The van der Waals surface area contributed by atoms with Crippen molar-refractivity contribution in [1.82, 2.24) is 9.97 Å². The molecule has 0 spiro atoms. The van der Waals surface area contributed by atoms with E-state index in [-0.39, 0.29) is 15.1 Å². The third-order valence-electron chi connectivity index (χ3n) is 1.27. The van der Waals surface area contributed by atoms with Crippen molar-refractivity contribution in [2.45, 2.75) is 0 Å². The van der Waals surface area contributed by atoms with Gasteiger partial charge in [-0.15, -0.1) is 4.90 Å². The summed E-state index contributed by atoms with van der Waals surface area (Å²) < 4.78 is 0. The van der Waals surface area contributed by atoms with Crippen molar-refractivity contribution in [2.24, 2.45) is 0 Å². The molecule has 2 N–H and O–H groups in total. The van der Waals surface area contributed by atoms with Gasteiger partial charge in [0.1, 0.15) is 0 Å². The number of aromatic nitrogens is 2. The van der Waals surface area contributed by atoms with Crippen LogP contribution in [0.1, 0.15) is 0 Å². The number of hydrogen-bond acceptors (Lipinski definition) is 4.